The lowest BCUT2D eigenvalue weighted by Gasteiger charge is -2.08. The molecule has 0 saturated heterocycles. The van der Waals surface area contributed by atoms with E-state index in [-0.39, 0.29) is 11.4 Å². The minimum Gasteiger partial charge on any atom is -0.487 e. The minimum absolute atomic E-state index is 0.0268. The number of nitro benzene ring substituents is 1. The van der Waals surface area contributed by atoms with Crippen LogP contribution in [0, 0.1) is 10.1 Å². The highest BCUT2D eigenvalue weighted by Gasteiger charge is 2.15. The molecule has 0 aliphatic heterocycles. The zero-order valence-electron chi connectivity index (χ0n) is 10.3. The summed E-state index contributed by atoms with van der Waals surface area (Å²) in [4.78, 5) is 14.6. The molecule has 0 saturated carbocycles. The first-order valence-corrected chi connectivity index (χ1v) is 6.67. The second kappa shape index (κ2) is 6.14. The molecule has 2 rings (SSSR count). The molecular weight excluding hydrogens is 266 g/mol. The molecule has 7 heteroatoms. The smallest absolute Gasteiger partial charge is 0.311 e. The topological polar surface area (TPSA) is 77.3 Å². The Morgan fingerprint density at radius 3 is 3.00 bits per heavy atom. The third kappa shape index (κ3) is 3.41. The van der Waals surface area contributed by atoms with Gasteiger partial charge in [0, 0.05) is 23.2 Å². The predicted octanol–water partition coefficient (Wildman–Crippen LogP) is 3.06. The van der Waals surface area contributed by atoms with Crippen LogP contribution in [0.4, 0.5) is 11.4 Å². The number of nitrogens with zero attached hydrogens (tertiary/aromatic N) is 2. The zero-order chi connectivity index (χ0) is 13.7. The molecular formula is C12H13N3O3S. The van der Waals surface area contributed by atoms with Crippen molar-refractivity contribution in [2.24, 2.45) is 0 Å². The molecule has 2 aromatic rings. The first-order chi connectivity index (χ1) is 9.20. The van der Waals surface area contributed by atoms with Crippen molar-refractivity contribution in [2.45, 2.75) is 13.5 Å². The van der Waals surface area contributed by atoms with Gasteiger partial charge in [-0.3, -0.25) is 10.1 Å². The average molecular weight is 279 g/mol. The van der Waals surface area contributed by atoms with Gasteiger partial charge in [-0.15, -0.1) is 11.3 Å². The summed E-state index contributed by atoms with van der Waals surface area (Å²) in [5.74, 6) is 0.274. The van der Waals surface area contributed by atoms with Gasteiger partial charge in [0.05, 0.1) is 29.3 Å². The van der Waals surface area contributed by atoms with Crippen LogP contribution in [-0.2, 0) is 6.54 Å². The maximum Gasteiger partial charge on any atom is 0.311 e. The van der Waals surface area contributed by atoms with E-state index in [0.29, 0.717) is 13.2 Å². The Kier molecular flexibility index (Phi) is 4.30. The predicted molar refractivity (Wildman–Crippen MR) is 73.7 cm³/mol. The molecule has 0 spiro atoms. The van der Waals surface area contributed by atoms with E-state index in [1.54, 1.807) is 24.6 Å². The lowest BCUT2D eigenvalue weighted by molar-refractivity contribution is -0.385. The molecule has 19 heavy (non-hydrogen) atoms. The van der Waals surface area contributed by atoms with Gasteiger partial charge in [-0.25, -0.2) is 4.98 Å². The van der Waals surface area contributed by atoms with E-state index < -0.39 is 4.92 Å². The Bertz CT molecular complexity index is 557. The van der Waals surface area contributed by atoms with Crippen molar-refractivity contribution in [1.29, 1.82) is 0 Å². The van der Waals surface area contributed by atoms with Crippen LogP contribution in [0.5, 0.6) is 5.75 Å². The van der Waals surface area contributed by atoms with Crippen LogP contribution in [0.15, 0.2) is 29.1 Å². The van der Waals surface area contributed by atoms with E-state index in [1.165, 1.54) is 17.4 Å². The first kappa shape index (κ1) is 13.3. The molecule has 0 atom stereocenters. The van der Waals surface area contributed by atoms with E-state index in [0.717, 1.165) is 11.4 Å². The number of hydrogen-bond donors (Lipinski definition) is 1. The van der Waals surface area contributed by atoms with E-state index in [9.17, 15) is 10.1 Å². The van der Waals surface area contributed by atoms with Crippen molar-refractivity contribution in [3.63, 3.8) is 0 Å². The summed E-state index contributed by atoms with van der Waals surface area (Å²) in [7, 11) is 0. The Labute approximate surface area is 114 Å². The summed E-state index contributed by atoms with van der Waals surface area (Å²) in [5, 5.41) is 15.9. The summed E-state index contributed by atoms with van der Waals surface area (Å²) in [6.45, 7) is 2.75. The maximum atomic E-state index is 10.8. The lowest BCUT2D eigenvalue weighted by Crippen LogP contribution is -2.02. The number of ether oxygens (including phenoxy) is 1. The molecule has 1 aromatic carbocycles. The Morgan fingerprint density at radius 1 is 1.53 bits per heavy atom. The van der Waals surface area contributed by atoms with Crippen LogP contribution < -0.4 is 10.1 Å². The monoisotopic (exact) mass is 279 g/mol. The fourth-order valence-electron chi connectivity index (χ4n) is 1.56. The Balaban J connectivity index is 2.13. The van der Waals surface area contributed by atoms with Crippen LogP contribution in [0.2, 0.25) is 0 Å². The minimum atomic E-state index is -0.449. The average Bonchev–Trinajstić information content (AvgIpc) is 2.90. The molecule has 0 fully saturated rings. The Morgan fingerprint density at radius 2 is 2.37 bits per heavy atom. The van der Waals surface area contributed by atoms with E-state index in [1.807, 2.05) is 5.38 Å². The van der Waals surface area contributed by atoms with Crippen LogP contribution >= 0.6 is 11.3 Å². The van der Waals surface area contributed by atoms with Crippen molar-refractivity contribution >= 4 is 22.7 Å². The molecule has 100 valence electrons. The number of thiazole rings is 1. The number of nitro groups is 1. The third-order valence-electron chi connectivity index (χ3n) is 2.41. The van der Waals surface area contributed by atoms with Crippen LogP contribution in [0.3, 0.4) is 0 Å². The van der Waals surface area contributed by atoms with E-state index in [2.05, 4.69) is 10.3 Å². The number of hydrogen-bond acceptors (Lipinski definition) is 6. The molecule has 0 bridgehead atoms. The highest BCUT2D eigenvalue weighted by Crippen LogP contribution is 2.30. The highest BCUT2D eigenvalue weighted by molar-refractivity contribution is 7.07. The molecule has 6 nitrogen and oxygen atoms in total. The normalized spacial score (nSPS) is 10.2. The molecule has 0 unspecified atom stereocenters. The quantitative estimate of drug-likeness (QED) is 0.649. The van der Waals surface area contributed by atoms with Crippen LogP contribution in [-0.4, -0.2) is 16.5 Å². The van der Waals surface area contributed by atoms with Gasteiger partial charge in [0.2, 0.25) is 0 Å². The number of nitrogens with one attached hydrogen (secondary N) is 1. The van der Waals surface area contributed by atoms with Crippen molar-refractivity contribution < 1.29 is 9.66 Å². The summed E-state index contributed by atoms with van der Waals surface area (Å²) in [5.41, 5.74) is 3.43. The van der Waals surface area contributed by atoms with Crippen molar-refractivity contribution in [3.8, 4) is 5.75 Å². The summed E-state index contributed by atoms with van der Waals surface area (Å²) in [6, 6.07) is 4.73. The van der Waals surface area contributed by atoms with Crippen molar-refractivity contribution in [1.82, 2.24) is 4.98 Å². The summed E-state index contributed by atoms with van der Waals surface area (Å²) >= 11 is 1.53. The highest BCUT2D eigenvalue weighted by atomic mass is 32.1. The largest absolute Gasteiger partial charge is 0.487 e. The second-order valence-corrected chi connectivity index (χ2v) is 4.42. The second-order valence-electron chi connectivity index (χ2n) is 3.71. The molecule has 0 aliphatic rings. The number of rotatable bonds is 6. The number of benzene rings is 1. The van der Waals surface area contributed by atoms with Gasteiger partial charge in [-0.2, -0.15) is 0 Å². The van der Waals surface area contributed by atoms with Crippen molar-refractivity contribution in [2.75, 3.05) is 11.9 Å². The van der Waals surface area contributed by atoms with Gasteiger partial charge >= 0.3 is 5.69 Å². The molecule has 0 aliphatic carbocycles. The van der Waals surface area contributed by atoms with E-state index >= 15 is 0 Å². The number of aromatic nitrogens is 1. The lowest BCUT2D eigenvalue weighted by atomic mass is 10.2. The fourth-order valence-corrected chi connectivity index (χ4v) is 2.12. The third-order valence-corrected chi connectivity index (χ3v) is 3.05. The van der Waals surface area contributed by atoms with Gasteiger partial charge in [0.1, 0.15) is 0 Å². The van der Waals surface area contributed by atoms with Gasteiger partial charge in [0.15, 0.2) is 5.75 Å². The molecule has 0 amide bonds. The molecule has 1 aromatic heterocycles. The number of anilines is 1. The molecule has 1 N–H and O–H groups in total. The SMILES string of the molecule is CCOc1cc(NCc2cscn2)ccc1[N+](=O)[O-]. The molecule has 1 heterocycles. The van der Waals surface area contributed by atoms with Gasteiger partial charge in [0.25, 0.3) is 0 Å². The van der Waals surface area contributed by atoms with Crippen LogP contribution in [0.1, 0.15) is 12.6 Å². The van der Waals surface area contributed by atoms with Crippen LogP contribution in [0.25, 0.3) is 0 Å². The van der Waals surface area contributed by atoms with E-state index in [4.69, 9.17) is 4.74 Å². The fraction of sp³-hybridized carbons (Fsp3) is 0.250. The zero-order valence-corrected chi connectivity index (χ0v) is 11.1. The summed E-state index contributed by atoms with van der Waals surface area (Å²) in [6.07, 6.45) is 0. The molecule has 0 radical (unpaired) electrons. The van der Waals surface area contributed by atoms with Crippen molar-refractivity contribution in [3.05, 3.63) is 44.9 Å². The maximum absolute atomic E-state index is 10.8. The standard InChI is InChI=1S/C12H13N3O3S/c1-2-18-12-5-9(3-4-11(12)15(16)17)13-6-10-7-19-8-14-10/h3-5,7-8,13H,2,6H2,1H3. The Hall–Kier alpha value is -2.15. The van der Waals surface area contributed by atoms with Gasteiger partial charge < -0.3 is 10.1 Å². The first-order valence-electron chi connectivity index (χ1n) is 5.73. The van der Waals surface area contributed by atoms with Gasteiger partial charge in [-0.1, -0.05) is 0 Å². The summed E-state index contributed by atoms with van der Waals surface area (Å²) < 4.78 is 5.28. The van der Waals surface area contributed by atoms with Gasteiger partial charge in [-0.05, 0) is 13.0 Å².